The molecular formula is C121H71N9O2S. The summed E-state index contributed by atoms with van der Waals surface area (Å²) in [6.45, 7) is 0. The zero-order valence-corrected chi connectivity index (χ0v) is 72.1. The molecule has 6 aromatic heterocycles. The van der Waals surface area contributed by atoms with Gasteiger partial charge in [-0.1, -0.05) is 370 Å². The fourth-order valence-corrected chi connectivity index (χ4v) is 20.6. The lowest BCUT2D eigenvalue weighted by atomic mass is 9.96. The second-order valence-electron chi connectivity index (χ2n) is 33.7. The van der Waals surface area contributed by atoms with E-state index in [1.54, 1.807) is 11.3 Å². The number of furan rings is 2. The van der Waals surface area contributed by atoms with E-state index in [1.807, 2.05) is 109 Å². The first-order chi connectivity index (χ1) is 65.8. The Morgan fingerprint density at radius 1 is 0.150 bits per heavy atom. The highest BCUT2D eigenvalue weighted by Crippen LogP contribution is 2.44. The van der Waals surface area contributed by atoms with Crippen LogP contribution in [0.1, 0.15) is 0 Å². The molecule has 0 N–H and O–H groups in total. The Bertz CT molecular complexity index is 9650. The van der Waals surface area contributed by atoms with Crippen molar-refractivity contribution in [2.75, 3.05) is 0 Å². The van der Waals surface area contributed by atoms with Gasteiger partial charge in [-0.2, -0.15) is 0 Å². The van der Waals surface area contributed by atoms with Gasteiger partial charge in [-0.05, 0) is 168 Å². The first kappa shape index (κ1) is 76.5. The van der Waals surface area contributed by atoms with E-state index in [9.17, 15) is 0 Å². The molecule has 133 heavy (non-hydrogen) atoms. The molecular weight excluding hydrogens is 1640 g/mol. The zero-order valence-electron chi connectivity index (χ0n) is 71.2. The Kier molecular flexibility index (Phi) is 18.2. The lowest BCUT2D eigenvalue weighted by Gasteiger charge is -2.11. The number of thiophene rings is 1. The van der Waals surface area contributed by atoms with Crippen molar-refractivity contribution in [3.8, 4) is 102 Å². The fourth-order valence-electron chi connectivity index (χ4n) is 19.4. The summed E-state index contributed by atoms with van der Waals surface area (Å²) >= 11 is 1.80. The maximum Gasteiger partial charge on any atom is 0.167 e. The summed E-state index contributed by atoms with van der Waals surface area (Å²) in [4.78, 5) is 45.4. The average molecular weight is 1720 g/mol. The first-order valence-corrected chi connectivity index (χ1v) is 45.3. The van der Waals surface area contributed by atoms with Gasteiger partial charge in [0.25, 0.3) is 0 Å². The molecule has 0 spiro atoms. The predicted octanol–water partition coefficient (Wildman–Crippen LogP) is 32.3. The fraction of sp³-hybridized carbons (Fsp3) is 0. The van der Waals surface area contributed by atoms with Gasteiger partial charge in [-0.15, -0.1) is 11.3 Å². The minimum absolute atomic E-state index is 0.582. The highest BCUT2D eigenvalue weighted by molar-refractivity contribution is 7.25. The highest BCUT2D eigenvalue weighted by Gasteiger charge is 2.24. The van der Waals surface area contributed by atoms with Crippen molar-refractivity contribution in [3.05, 3.63) is 431 Å². The molecule has 0 aliphatic carbocycles. The molecule has 618 valence electrons. The van der Waals surface area contributed by atoms with E-state index < -0.39 is 0 Å². The monoisotopic (exact) mass is 1710 g/mol. The number of fused-ring (bicyclic) bond motifs is 25. The van der Waals surface area contributed by atoms with Crippen LogP contribution in [0.3, 0.4) is 0 Å². The Labute approximate surface area is 764 Å². The largest absolute Gasteiger partial charge is 0.456 e. The molecule has 0 amide bonds. The molecule has 22 aromatic carbocycles. The van der Waals surface area contributed by atoms with E-state index in [0.29, 0.717) is 52.4 Å². The predicted molar refractivity (Wildman–Crippen MR) is 551 cm³/mol. The number of nitrogens with zero attached hydrogens (tertiary/aromatic N) is 9. The highest BCUT2D eigenvalue weighted by atomic mass is 32.1. The Hall–Kier alpha value is -17.7. The molecule has 6 heterocycles. The van der Waals surface area contributed by atoms with Crippen molar-refractivity contribution in [2.45, 2.75) is 0 Å². The topological polar surface area (TPSA) is 142 Å². The summed E-state index contributed by atoms with van der Waals surface area (Å²) in [5.41, 5.74) is 11.7. The molecule has 0 bridgehead atoms. The van der Waals surface area contributed by atoms with Crippen LogP contribution >= 0.6 is 11.3 Å². The van der Waals surface area contributed by atoms with Gasteiger partial charge >= 0.3 is 0 Å². The van der Waals surface area contributed by atoms with E-state index in [1.165, 1.54) is 106 Å². The molecule has 28 aromatic rings. The first-order valence-electron chi connectivity index (χ1n) is 44.5. The molecule has 0 radical (unpaired) electrons. The normalized spacial score (nSPS) is 11.8. The second-order valence-corrected chi connectivity index (χ2v) is 34.8. The SMILES string of the molecule is c1ccc(-c2nc(-c3ccc4c(ccc5c6ccccc6ccc45)c3)nc(-c3ccc4c(c3)sc3ccccc34)n2)cc1.c1ccc(-c2nc(-c3ccc4c(ccc5c6ccccc6ccc45)c3)nc(-c3cccc4c3oc3ccccc34)n2)cc1.c1ccc2cc(-c3nc(-c4ccc5c(ccc6c7ccccc7ccc56)c4)nc(-c4cccc5oc6ccccc6c45)n3)ccc2c1. The van der Waals surface area contributed by atoms with Crippen LogP contribution in [0.5, 0.6) is 0 Å². The third-order valence-corrected chi connectivity index (χ3v) is 27.0. The van der Waals surface area contributed by atoms with Crippen molar-refractivity contribution in [1.29, 1.82) is 0 Å². The lowest BCUT2D eigenvalue weighted by Crippen LogP contribution is -2.00. The maximum absolute atomic E-state index is 6.36. The molecule has 0 saturated carbocycles. The summed E-state index contributed by atoms with van der Waals surface area (Å²) in [5.74, 6) is 5.71. The van der Waals surface area contributed by atoms with Crippen LogP contribution in [0.2, 0.25) is 0 Å². The van der Waals surface area contributed by atoms with Crippen molar-refractivity contribution in [3.63, 3.8) is 0 Å². The summed E-state index contributed by atoms with van der Waals surface area (Å²) in [7, 11) is 0. The number of para-hydroxylation sites is 3. The summed E-state index contributed by atoms with van der Waals surface area (Å²) in [6.07, 6.45) is 0. The molecule has 12 heteroatoms. The second kappa shape index (κ2) is 31.6. The van der Waals surface area contributed by atoms with Crippen molar-refractivity contribution >= 4 is 183 Å². The molecule has 0 unspecified atom stereocenters. The van der Waals surface area contributed by atoms with Crippen LogP contribution in [0.4, 0.5) is 0 Å². The third kappa shape index (κ3) is 13.5. The third-order valence-electron chi connectivity index (χ3n) is 25.9. The number of rotatable bonds is 9. The van der Waals surface area contributed by atoms with Gasteiger partial charge in [-0.25, -0.2) is 44.9 Å². The standard InChI is InChI=1S/C43H25N3O.C39H23N3O.C39H23N3S/c1-2-10-28-24-30(17-16-26(28)8-1)41-44-42(46-43(45-41)37-13-7-15-39-40(37)36-12-5-6-14-38(36)47-39)31-20-21-33-29(25-31)19-23-34-32-11-4-3-9-27(32)18-22-35(33)34;1-2-10-25(11-3-1)37-40-38(42-39(41-37)34-15-8-14-33-32-13-6-7-16-35(32)43-36(33)34)27-19-20-29-26(23-27)18-22-30-28-12-5-4-9-24(28)17-21-31(29)30;1-2-9-25(10-3-1)37-40-38(42-39(41-37)28-17-21-34-33-12-6-7-13-35(33)43-36(34)23-28)27-16-18-30-26(22-27)15-20-31-29-11-5-4-8-24(29)14-19-32(30)31/h1-25H;2*1-23H. The van der Waals surface area contributed by atoms with Crippen LogP contribution in [0.25, 0.3) is 274 Å². The minimum Gasteiger partial charge on any atom is -0.456 e. The Morgan fingerprint density at radius 3 is 0.947 bits per heavy atom. The Balaban J connectivity index is 0.000000104. The van der Waals surface area contributed by atoms with E-state index in [-0.39, 0.29) is 0 Å². The minimum atomic E-state index is 0.582. The van der Waals surface area contributed by atoms with E-state index in [0.717, 1.165) is 115 Å². The van der Waals surface area contributed by atoms with E-state index in [4.69, 9.17) is 53.7 Å². The smallest absolute Gasteiger partial charge is 0.167 e. The number of aromatic nitrogens is 9. The molecule has 0 aliphatic rings. The summed E-state index contributed by atoms with van der Waals surface area (Å²) in [6, 6.07) is 150. The van der Waals surface area contributed by atoms with Gasteiger partial charge in [0, 0.05) is 86.2 Å². The van der Waals surface area contributed by atoms with Gasteiger partial charge in [0.1, 0.15) is 22.3 Å². The van der Waals surface area contributed by atoms with Crippen LogP contribution in [0.15, 0.2) is 440 Å². The average Bonchev–Trinajstić information content (AvgIpc) is 1.74. The molecule has 0 aliphatic heterocycles. The van der Waals surface area contributed by atoms with Gasteiger partial charge in [0.15, 0.2) is 52.4 Å². The molecule has 0 saturated heterocycles. The van der Waals surface area contributed by atoms with Crippen molar-refractivity contribution in [1.82, 2.24) is 44.9 Å². The van der Waals surface area contributed by atoms with Crippen molar-refractivity contribution < 1.29 is 8.83 Å². The van der Waals surface area contributed by atoms with Crippen LogP contribution in [-0.4, -0.2) is 44.9 Å². The van der Waals surface area contributed by atoms with Gasteiger partial charge in [-0.3, -0.25) is 0 Å². The van der Waals surface area contributed by atoms with Crippen LogP contribution in [-0.2, 0) is 0 Å². The summed E-state index contributed by atoms with van der Waals surface area (Å²) < 4.78 is 15.1. The van der Waals surface area contributed by atoms with Gasteiger partial charge in [0.05, 0.1) is 5.56 Å². The molecule has 0 fully saturated rings. The molecule has 0 atom stereocenters. The maximum atomic E-state index is 6.36. The van der Waals surface area contributed by atoms with Crippen molar-refractivity contribution in [2.24, 2.45) is 0 Å². The Morgan fingerprint density at radius 2 is 0.451 bits per heavy atom. The van der Waals surface area contributed by atoms with E-state index in [2.05, 4.69) is 322 Å². The van der Waals surface area contributed by atoms with E-state index >= 15 is 0 Å². The number of hydrogen-bond donors (Lipinski definition) is 0. The van der Waals surface area contributed by atoms with Gasteiger partial charge in [0.2, 0.25) is 0 Å². The van der Waals surface area contributed by atoms with Gasteiger partial charge < -0.3 is 8.83 Å². The van der Waals surface area contributed by atoms with Crippen LogP contribution in [0, 0.1) is 0 Å². The number of hydrogen-bond acceptors (Lipinski definition) is 12. The molecule has 28 rings (SSSR count). The number of benzene rings is 22. The van der Waals surface area contributed by atoms with Crippen LogP contribution < -0.4 is 0 Å². The zero-order chi connectivity index (χ0) is 87.6. The lowest BCUT2D eigenvalue weighted by molar-refractivity contribution is 0.669. The molecule has 11 nitrogen and oxygen atoms in total. The quantitative estimate of drug-likeness (QED) is 0.127. The summed E-state index contributed by atoms with van der Waals surface area (Å²) in [5, 5.41) is 31.1.